The molecule has 0 radical (unpaired) electrons. The number of benzene rings is 1. The van der Waals surface area contributed by atoms with Gasteiger partial charge in [-0.3, -0.25) is 4.79 Å². The number of ether oxygens (including phenoxy) is 2. The van der Waals surface area contributed by atoms with Gasteiger partial charge >= 0.3 is 0 Å². The lowest BCUT2D eigenvalue weighted by molar-refractivity contribution is 0.0949. The van der Waals surface area contributed by atoms with Crippen LogP contribution in [0.5, 0.6) is 11.5 Å². The average molecular weight is 353 g/mol. The van der Waals surface area contributed by atoms with E-state index in [-0.39, 0.29) is 5.78 Å². The highest BCUT2D eigenvalue weighted by Gasteiger charge is 2.22. The summed E-state index contributed by atoms with van der Waals surface area (Å²) >= 11 is 3.51. The lowest BCUT2D eigenvalue weighted by Gasteiger charge is -2.21. The lowest BCUT2D eigenvalue weighted by atomic mass is 9.85. The molecule has 3 rings (SSSR count). The van der Waals surface area contributed by atoms with E-state index >= 15 is 0 Å². The fourth-order valence-electron chi connectivity index (χ4n) is 3.16. The first kappa shape index (κ1) is 14.9. The summed E-state index contributed by atoms with van der Waals surface area (Å²) in [5, 5.41) is 0. The lowest BCUT2D eigenvalue weighted by Crippen LogP contribution is -2.13. The summed E-state index contributed by atoms with van der Waals surface area (Å²) in [6.07, 6.45) is 7.75. The Bertz CT molecular complexity index is 521. The fourth-order valence-corrected chi connectivity index (χ4v) is 3.70. The largest absolute Gasteiger partial charge is 0.490 e. The highest BCUT2D eigenvalue weighted by Crippen LogP contribution is 2.37. The molecular weight excluding hydrogens is 332 g/mol. The Hall–Kier alpha value is -1.03. The Balaban J connectivity index is 1.77. The van der Waals surface area contributed by atoms with Crippen LogP contribution in [0.2, 0.25) is 0 Å². The van der Waals surface area contributed by atoms with Crippen molar-refractivity contribution in [3.63, 3.8) is 0 Å². The number of hydrogen-bond acceptors (Lipinski definition) is 3. The van der Waals surface area contributed by atoms with Gasteiger partial charge in [0.25, 0.3) is 0 Å². The van der Waals surface area contributed by atoms with Crippen molar-refractivity contribution >= 4 is 21.7 Å². The molecule has 0 unspecified atom stereocenters. The zero-order valence-corrected chi connectivity index (χ0v) is 13.8. The second-order valence-electron chi connectivity index (χ2n) is 5.96. The predicted molar refractivity (Wildman–Crippen MR) is 85.3 cm³/mol. The van der Waals surface area contributed by atoms with Crippen LogP contribution >= 0.6 is 15.9 Å². The average Bonchev–Trinajstić information content (AvgIpc) is 2.72. The first-order valence-electron chi connectivity index (χ1n) is 7.86. The summed E-state index contributed by atoms with van der Waals surface area (Å²) in [5.41, 5.74) is 0.727. The number of carbonyl (C=O) groups excluding carboxylic acids is 1. The van der Waals surface area contributed by atoms with Gasteiger partial charge < -0.3 is 9.47 Å². The third-order valence-corrected chi connectivity index (χ3v) is 4.99. The SMILES string of the molecule is O=C(CC1CCCCC1)c1cc2c(cc1Br)OCCCO2. The van der Waals surface area contributed by atoms with E-state index in [9.17, 15) is 4.79 Å². The van der Waals surface area contributed by atoms with Crippen molar-refractivity contribution in [3.05, 3.63) is 22.2 Å². The van der Waals surface area contributed by atoms with Gasteiger partial charge in [-0.05, 0) is 34.0 Å². The smallest absolute Gasteiger partial charge is 0.164 e. The van der Waals surface area contributed by atoms with Crippen LogP contribution in [0.15, 0.2) is 16.6 Å². The quantitative estimate of drug-likeness (QED) is 0.735. The topological polar surface area (TPSA) is 35.5 Å². The Labute approximate surface area is 134 Å². The van der Waals surface area contributed by atoms with E-state index in [0.717, 1.165) is 22.2 Å². The van der Waals surface area contributed by atoms with E-state index in [4.69, 9.17) is 9.47 Å². The Morgan fingerprint density at radius 1 is 1.05 bits per heavy atom. The number of rotatable bonds is 3. The summed E-state index contributed by atoms with van der Waals surface area (Å²) in [6.45, 7) is 1.31. The zero-order chi connectivity index (χ0) is 14.7. The van der Waals surface area contributed by atoms with Gasteiger partial charge in [-0.2, -0.15) is 0 Å². The maximum atomic E-state index is 12.6. The van der Waals surface area contributed by atoms with Gasteiger partial charge in [0, 0.05) is 22.9 Å². The van der Waals surface area contributed by atoms with E-state index in [1.165, 1.54) is 32.1 Å². The van der Waals surface area contributed by atoms with Crippen molar-refractivity contribution in [1.82, 2.24) is 0 Å². The van der Waals surface area contributed by atoms with Crippen molar-refractivity contribution in [2.75, 3.05) is 13.2 Å². The van der Waals surface area contributed by atoms with Gasteiger partial charge in [-0.25, -0.2) is 0 Å². The molecular formula is C17H21BrO3. The third-order valence-electron chi connectivity index (χ3n) is 4.34. The molecule has 2 aliphatic rings. The maximum absolute atomic E-state index is 12.6. The van der Waals surface area contributed by atoms with Gasteiger partial charge in [0.15, 0.2) is 17.3 Å². The number of fused-ring (bicyclic) bond motifs is 1. The van der Waals surface area contributed by atoms with Crippen LogP contribution < -0.4 is 9.47 Å². The number of Topliss-reactive ketones (excluding diaryl/α,β-unsaturated/α-hetero) is 1. The molecule has 3 nitrogen and oxygen atoms in total. The van der Waals surface area contributed by atoms with Crippen LogP contribution in [0.1, 0.15) is 55.3 Å². The third kappa shape index (κ3) is 3.60. The molecule has 0 aromatic heterocycles. The van der Waals surface area contributed by atoms with Gasteiger partial charge in [0.1, 0.15) is 0 Å². The van der Waals surface area contributed by atoms with Gasteiger partial charge in [-0.1, -0.05) is 32.1 Å². The zero-order valence-electron chi connectivity index (χ0n) is 12.2. The van der Waals surface area contributed by atoms with Gasteiger partial charge in [-0.15, -0.1) is 0 Å². The molecule has 1 heterocycles. The second kappa shape index (κ2) is 6.82. The van der Waals surface area contributed by atoms with Crippen molar-refractivity contribution in [2.45, 2.75) is 44.9 Å². The predicted octanol–water partition coefficient (Wildman–Crippen LogP) is 4.76. The van der Waals surface area contributed by atoms with E-state index in [1.807, 2.05) is 12.1 Å². The molecule has 0 saturated heterocycles. The first-order valence-corrected chi connectivity index (χ1v) is 8.65. The minimum atomic E-state index is 0.212. The highest BCUT2D eigenvalue weighted by atomic mass is 79.9. The maximum Gasteiger partial charge on any atom is 0.164 e. The molecule has 4 heteroatoms. The molecule has 114 valence electrons. The summed E-state index contributed by atoms with van der Waals surface area (Å²) in [7, 11) is 0. The van der Waals surface area contributed by atoms with Crippen molar-refractivity contribution in [2.24, 2.45) is 5.92 Å². The Morgan fingerprint density at radius 2 is 1.71 bits per heavy atom. The normalized spacial score (nSPS) is 19.1. The van der Waals surface area contributed by atoms with E-state index < -0.39 is 0 Å². The molecule has 0 atom stereocenters. The van der Waals surface area contributed by atoms with Crippen LogP contribution in [0.25, 0.3) is 0 Å². The molecule has 0 amide bonds. The van der Waals surface area contributed by atoms with Crippen LogP contribution in [0, 0.1) is 5.92 Å². The van der Waals surface area contributed by atoms with E-state index in [0.29, 0.717) is 31.3 Å². The van der Waals surface area contributed by atoms with Crippen LogP contribution in [-0.4, -0.2) is 19.0 Å². The molecule has 1 saturated carbocycles. The molecule has 0 N–H and O–H groups in total. The first-order chi connectivity index (χ1) is 10.2. The van der Waals surface area contributed by atoms with Crippen LogP contribution in [0.3, 0.4) is 0 Å². The van der Waals surface area contributed by atoms with Gasteiger partial charge in [0.05, 0.1) is 13.2 Å². The molecule has 1 fully saturated rings. The molecule has 0 bridgehead atoms. The summed E-state index contributed by atoms with van der Waals surface area (Å²) in [4.78, 5) is 12.6. The van der Waals surface area contributed by atoms with E-state index in [1.54, 1.807) is 0 Å². The highest BCUT2D eigenvalue weighted by molar-refractivity contribution is 9.10. The number of hydrogen-bond donors (Lipinski definition) is 0. The minimum absolute atomic E-state index is 0.212. The number of halogens is 1. The van der Waals surface area contributed by atoms with Gasteiger partial charge in [0.2, 0.25) is 0 Å². The molecule has 1 aliphatic carbocycles. The molecule has 0 spiro atoms. The Kier molecular flexibility index (Phi) is 4.84. The summed E-state index contributed by atoms with van der Waals surface area (Å²) in [6, 6.07) is 3.71. The van der Waals surface area contributed by atoms with Crippen molar-refractivity contribution in [3.8, 4) is 11.5 Å². The fraction of sp³-hybridized carbons (Fsp3) is 0.588. The summed E-state index contributed by atoms with van der Waals surface area (Å²) < 4.78 is 12.1. The molecule has 1 aromatic rings. The number of carbonyl (C=O) groups is 1. The molecule has 21 heavy (non-hydrogen) atoms. The number of ketones is 1. The Morgan fingerprint density at radius 3 is 2.43 bits per heavy atom. The van der Waals surface area contributed by atoms with Crippen molar-refractivity contribution in [1.29, 1.82) is 0 Å². The summed E-state index contributed by atoms with van der Waals surface area (Å²) in [5.74, 6) is 2.19. The standard InChI is InChI=1S/C17H21BrO3/c18-14-11-17-16(20-7-4-8-21-17)10-13(14)15(19)9-12-5-2-1-3-6-12/h10-12H,1-9H2. The monoisotopic (exact) mass is 352 g/mol. The van der Waals surface area contributed by atoms with Crippen molar-refractivity contribution < 1.29 is 14.3 Å². The minimum Gasteiger partial charge on any atom is -0.490 e. The second-order valence-corrected chi connectivity index (χ2v) is 6.81. The van der Waals surface area contributed by atoms with Crippen LogP contribution in [-0.2, 0) is 0 Å². The van der Waals surface area contributed by atoms with E-state index in [2.05, 4.69) is 15.9 Å². The molecule has 1 aliphatic heterocycles. The van der Waals surface area contributed by atoms with Crippen LogP contribution in [0.4, 0.5) is 0 Å². The molecule has 1 aromatic carbocycles.